The largest absolute Gasteiger partial charge is 0.375 e. The fourth-order valence-electron chi connectivity index (χ4n) is 6.02. The van der Waals surface area contributed by atoms with Crippen LogP contribution in [-0.4, -0.2) is 50.0 Å². The number of nitrogens with zero attached hydrogens (tertiary/aromatic N) is 1. The van der Waals surface area contributed by atoms with Gasteiger partial charge in [0.25, 0.3) is 5.91 Å². The lowest BCUT2D eigenvalue weighted by Crippen LogP contribution is -2.51. The highest BCUT2D eigenvalue weighted by Crippen LogP contribution is 2.47. The van der Waals surface area contributed by atoms with E-state index in [0.29, 0.717) is 17.4 Å². The Balaban J connectivity index is 1.17. The molecule has 0 spiro atoms. The number of carbonyl (C=O) groups is 1. The number of likely N-dealkylation sites (tertiary alicyclic amines) is 1. The molecule has 34 heavy (non-hydrogen) atoms. The Hall–Kier alpha value is -2.26. The van der Waals surface area contributed by atoms with Crippen LogP contribution in [0.4, 0.5) is 0 Å². The number of primary sulfonamides is 1. The second-order valence-corrected chi connectivity index (χ2v) is 11.7. The van der Waals surface area contributed by atoms with Crippen molar-refractivity contribution < 1.29 is 18.3 Å². The molecule has 0 aromatic heterocycles. The molecule has 2 aliphatic carbocycles. The van der Waals surface area contributed by atoms with Gasteiger partial charge in [0, 0.05) is 31.6 Å². The Bertz CT molecular complexity index is 1140. The molecular weight excluding hydrogens is 450 g/mol. The molecule has 2 unspecified atom stereocenters. The molecule has 1 heterocycles. The summed E-state index contributed by atoms with van der Waals surface area (Å²) in [5.74, 6) is 0.515. The summed E-state index contributed by atoms with van der Waals surface area (Å²) in [7, 11) is -3.70. The van der Waals surface area contributed by atoms with Crippen LogP contribution in [0.3, 0.4) is 0 Å². The van der Waals surface area contributed by atoms with Gasteiger partial charge in [-0.1, -0.05) is 55.3 Å². The number of nitrogens with one attached hydrogen (secondary N) is 1. The second-order valence-electron chi connectivity index (χ2n) is 10.1. The number of rotatable bonds is 8. The van der Waals surface area contributed by atoms with Crippen LogP contribution in [0, 0.1) is 17.8 Å². The minimum Gasteiger partial charge on any atom is -0.375 e. The number of aliphatic hydroxyl groups is 1. The van der Waals surface area contributed by atoms with Crippen LogP contribution in [0.2, 0.25) is 0 Å². The van der Waals surface area contributed by atoms with E-state index in [2.05, 4.69) is 10.2 Å². The van der Waals surface area contributed by atoms with E-state index in [1.807, 2.05) is 36.4 Å². The summed E-state index contributed by atoms with van der Waals surface area (Å²) in [6.07, 6.45) is 4.59. The lowest BCUT2D eigenvalue weighted by molar-refractivity contribution is -0.147. The van der Waals surface area contributed by atoms with Crippen LogP contribution in [0.5, 0.6) is 0 Å². The van der Waals surface area contributed by atoms with Crippen LogP contribution in [0.1, 0.15) is 36.8 Å². The van der Waals surface area contributed by atoms with Crippen LogP contribution in [-0.2, 0) is 26.8 Å². The second kappa shape index (κ2) is 9.07. The fourth-order valence-corrected chi connectivity index (χ4v) is 6.61. The van der Waals surface area contributed by atoms with E-state index in [4.69, 9.17) is 5.14 Å². The molecular formula is C26H33N3O4S. The lowest BCUT2D eigenvalue weighted by Gasteiger charge is -2.33. The summed E-state index contributed by atoms with van der Waals surface area (Å²) in [5.41, 5.74) is 0.165. The van der Waals surface area contributed by atoms with Crippen molar-refractivity contribution in [2.24, 2.45) is 22.9 Å². The van der Waals surface area contributed by atoms with E-state index in [-0.39, 0.29) is 22.8 Å². The van der Waals surface area contributed by atoms with Crippen molar-refractivity contribution in [1.82, 2.24) is 10.2 Å². The van der Waals surface area contributed by atoms with Crippen LogP contribution in [0.15, 0.2) is 59.5 Å². The number of sulfonamides is 1. The molecule has 3 aliphatic rings. The van der Waals surface area contributed by atoms with Gasteiger partial charge in [0.2, 0.25) is 10.0 Å². The molecule has 2 aromatic carbocycles. The third-order valence-corrected chi connectivity index (χ3v) is 8.93. The summed E-state index contributed by atoms with van der Waals surface area (Å²) >= 11 is 0. The van der Waals surface area contributed by atoms with Gasteiger partial charge in [0.15, 0.2) is 5.60 Å². The fraction of sp³-hybridized carbons (Fsp3) is 0.500. The van der Waals surface area contributed by atoms with E-state index in [1.165, 1.54) is 6.07 Å². The number of nitrogens with two attached hydrogens (primary N) is 1. The maximum absolute atomic E-state index is 13.4. The number of carbonyl (C=O) groups excluding carboxylic acids is 1. The zero-order valence-electron chi connectivity index (χ0n) is 19.3. The van der Waals surface area contributed by atoms with Crippen molar-refractivity contribution >= 4 is 15.9 Å². The molecule has 0 radical (unpaired) electrons. The van der Waals surface area contributed by atoms with Gasteiger partial charge in [-0.2, -0.15) is 0 Å². The van der Waals surface area contributed by atoms with Gasteiger partial charge in [0.1, 0.15) is 0 Å². The zero-order chi connectivity index (χ0) is 23.9. The molecule has 5 rings (SSSR count). The number of hydrogen-bond donors (Lipinski definition) is 3. The van der Waals surface area contributed by atoms with Crippen molar-refractivity contribution in [3.63, 3.8) is 0 Å². The average molecular weight is 484 g/mol. The summed E-state index contributed by atoms with van der Waals surface area (Å²) in [6.45, 7) is 2.63. The number of amides is 1. The van der Waals surface area contributed by atoms with Gasteiger partial charge >= 0.3 is 0 Å². The molecule has 182 valence electrons. The summed E-state index contributed by atoms with van der Waals surface area (Å²) in [5, 5.41) is 20.1. The van der Waals surface area contributed by atoms with Gasteiger partial charge in [-0.05, 0) is 54.4 Å². The number of piperidine rings is 1. The Morgan fingerprint density at radius 2 is 1.74 bits per heavy atom. The highest BCUT2D eigenvalue weighted by Gasteiger charge is 2.58. The summed E-state index contributed by atoms with van der Waals surface area (Å²) < 4.78 is 23.2. The van der Waals surface area contributed by atoms with Gasteiger partial charge in [-0.25, -0.2) is 13.6 Å². The molecule has 4 N–H and O–H groups in total. The smallest absolute Gasteiger partial charge is 0.257 e. The predicted octanol–water partition coefficient (Wildman–Crippen LogP) is 2.00. The van der Waals surface area contributed by atoms with E-state index >= 15 is 0 Å². The van der Waals surface area contributed by atoms with Crippen LogP contribution in [0.25, 0.3) is 0 Å². The van der Waals surface area contributed by atoms with Gasteiger partial charge < -0.3 is 15.3 Å². The lowest BCUT2D eigenvalue weighted by atomic mass is 9.79. The van der Waals surface area contributed by atoms with E-state index < -0.39 is 15.6 Å². The van der Waals surface area contributed by atoms with Crippen molar-refractivity contribution in [1.29, 1.82) is 0 Å². The van der Waals surface area contributed by atoms with Crippen molar-refractivity contribution in [3.8, 4) is 0 Å². The van der Waals surface area contributed by atoms with Crippen molar-refractivity contribution in [2.75, 3.05) is 19.6 Å². The zero-order valence-corrected chi connectivity index (χ0v) is 20.1. The summed E-state index contributed by atoms with van der Waals surface area (Å²) in [6, 6.07) is 16.3. The molecule has 7 nitrogen and oxygen atoms in total. The predicted molar refractivity (Wildman–Crippen MR) is 129 cm³/mol. The molecule has 1 saturated heterocycles. The maximum Gasteiger partial charge on any atom is 0.257 e. The average Bonchev–Trinajstić information content (AvgIpc) is 3.25. The normalized spacial score (nSPS) is 26.7. The van der Waals surface area contributed by atoms with Crippen LogP contribution >= 0.6 is 0 Å². The Labute approximate surface area is 201 Å². The van der Waals surface area contributed by atoms with Crippen LogP contribution < -0.4 is 10.5 Å². The third kappa shape index (κ3) is 4.52. The number of hydrogen-bond acceptors (Lipinski definition) is 5. The minimum absolute atomic E-state index is 0.0434. The highest BCUT2D eigenvalue weighted by molar-refractivity contribution is 7.89. The standard InChI is InChI=1S/C26H33N3O4S/c27-34(32,33)21-12-6-7-18(15-21)13-14-29-16-22-23(17-29)24(22)28-25(30)26(31,20-10-4-5-11-20)19-8-2-1-3-9-19/h1-3,6-9,12,15,20,22-24,31H,4-5,10-11,13-14,16-17H2,(H,28,30)(H2,27,32,33)/t22-,23+,24?,26?. The quantitative estimate of drug-likeness (QED) is 0.532. The monoisotopic (exact) mass is 483 g/mol. The van der Waals surface area contributed by atoms with Crippen molar-refractivity contribution in [2.45, 2.75) is 48.6 Å². The molecule has 0 bridgehead atoms. The number of benzene rings is 2. The Morgan fingerprint density at radius 3 is 2.38 bits per heavy atom. The topological polar surface area (TPSA) is 113 Å². The first-order valence-electron chi connectivity index (χ1n) is 12.2. The number of fused-ring (bicyclic) bond motifs is 1. The third-order valence-electron chi connectivity index (χ3n) is 8.02. The minimum atomic E-state index is -3.70. The molecule has 2 aromatic rings. The Kier molecular flexibility index (Phi) is 6.27. The van der Waals surface area contributed by atoms with E-state index in [9.17, 15) is 18.3 Å². The molecule has 1 amide bonds. The molecule has 8 heteroatoms. The van der Waals surface area contributed by atoms with Gasteiger partial charge in [-0.3, -0.25) is 4.79 Å². The van der Waals surface area contributed by atoms with Gasteiger partial charge in [0.05, 0.1) is 4.90 Å². The van der Waals surface area contributed by atoms with Crippen molar-refractivity contribution in [3.05, 3.63) is 65.7 Å². The Morgan fingerprint density at radius 1 is 1.06 bits per heavy atom. The first-order valence-corrected chi connectivity index (χ1v) is 13.7. The molecule has 1 aliphatic heterocycles. The van der Waals surface area contributed by atoms with E-state index in [0.717, 1.165) is 57.3 Å². The molecule has 4 atom stereocenters. The molecule has 3 fully saturated rings. The maximum atomic E-state index is 13.4. The highest BCUT2D eigenvalue weighted by atomic mass is 32.2. The molecule has 2 saturated carbocycles. The first-order chi connectivity index (χ1) is 16.3. The SMILES string of the molecule is NS(=O)(=O)c1cccc(CCN2C[C@@H]3C(NC(=O)C(O)(c4ccccc4)C4CCCC4)[C@@H]3C2)c1. The first kappa shape index (κ1) is 23.5. The van der Waals surface area contributed by atoms with Gasteiger partial charge in [-0.15, -0.1) is 0 Å². The van der Waals surface area contributed by atoms with E-state index in [1.54, 1.807) is 12.1 Å². The summed E-state index contributed by atoms with van der Waals surface area (Å²) in [4.78, 5) is 15.9.